The van der Waals surface area contributed by atoms with E-state index in [0.29, 0.717) is 47.1 Å². The number of carbonyl (C=O) groups excluding carboxylic acids is 1. The fraction of sp³-hybridized carbons (Fsp3) is 0.241. The van der Waals surface area contributed by atoms with Gasteiger partial charge in [0.15, 0.2) is 11.5 Å². The summed E-state index contributed by atoms with van der Waals surface area (Å²) in [4.78, 5) is 34.0. The summed E-state index contributed by atoms with van der Waals surface area (Å²) in [6, 6.07) is 10.2. The second-order valence-corrected chi connectivity index (χ2v) is 10.1. The molecular formula is C29H28FN9O2. The Hall–Kier alpha value is -5.13. The van der Waals surface area contributed by atoms with Crippen molar-refractivity contribution in [1.82, 2.24) is 34.4 Å². The molecule has 2 atom stereocenters. The zero-order valence-electron chi connectivity index (χ0n) is 22.8. The van der Waals surface area contributed by atoms with Crippen molar-refractivity contribution in [2.45, 2.75) is 32.9 Å². The molecule has 11 nitrogen and oxygen atoms in total. The molecule has 41 heavy (non-hydrogen) atoms. The van der Waals surface area contributed by atoms with Crippen LogP contribution in [-0.2, 0) is 4.79 Å². The highest BCUT2D eigenvalue weighted by atomic mass is 19.1. The largest absolute Gasteiger partial charge is 0.457 e. The normalized spacial score (nSPS) is 17.2. The lowest BCUT2D eigenvalue weighted by molar-refractivity contribution is -0.130. The maximum absolute atomic E-state index is 15.3. The van der Waals surface area contributed by atoms with Crippen molar-refractivity contribution in [2.24, 2.45) is 0 Å². The van der Waals surface area contributed by atoms with Crippen molar-refractivity contribution in [3.8, 4) is 11.5 Å². The van der Waals surface area contributed by atoms with Crippen LogP contribution in [0, 0.1) is 12.7 Å². The minimum absolute atomic E-state index is 0.0255. The van der Waals surface area contributed by atoms with E-state index in [9.17, 15) is 4.79 Å². The van der Waals surface area contributed by atoms with E-state index in [2.05, 4.69) is 36.8 Å². The summed E-state index contributed by atoms with van der Waals surface area (Å²) in [5.74, 6) is 1.41. The van der Waals surface area contributed by atoms with Gasteiger partial charge >= 0.3 is 0 Å². The number of aromatic nitrogens is 6. The van der Waals surface area contributed by atoms with Gasteiger partial charge in [0, 0.05) is 43.5 Å². The van der Waals surface area contributed by atoms with Gasteiger partial charge in [0.2, 0.25) is 5.91 Å². The van der Waals surface area contributed by atoms with Crippen LogP contribution in [0.5, 0.6) is 11.5 Å². The van der Waals surface area contributed by atoms with Gasteiger partial charge in [-0.1, -0.05) is 6.58 Å². The lowest BCUT2D eigenvalue weighted by atomic mass is 10.1. The maximum atomic E-state index is 15.3. The number of anilines is 3. The summed E-state index contributed by atoms with van der Waals surface area (Å²) in [5, 5.41) is 7.17. The lowest BCUT2D eigenvalue weighted by Gasteiger charge is -2.44. The molecule has 6 rings (SSSR count). The zero-order valence-corrected chi connectivity index (χ0v) is 22.8. The number of carbonyl (C=O) groups is 1. The molecule has 1 aliphatic rings. The van der Waals surface area contributed by atoms with Crippen LogP contribution >= 0.6 is 0 Å². The number of nitrogens with zero attached hydrogens (tertiary/aromatic N) is 8. The summed E-state index contributed by atoms with van der Waals surface area (Å²) in [5.41, 5.74) is 2.70. The van der Waals surface area contributed by atoms with Gasteiger partial charge in [-0.3, -0.25) is 4.79 Å². The highest BCUT2D eigenvalue weighted by molar-refractivity contribution is 5.89. The highest BCUT2D eigenvalue weighted by Gasteiger charge is 2.32. The predicted molar refractivity (Wildman–Crippen MR) is 153 cm³/mol. The third-order valence-corrected chi connectivity index (χ3v) is 7.14. The molecule has 0 spiro atoms. The number of amides is 1. The molecule has 0 bridgehead atoms. The van der Waals surface area contributed by atoms with Crippen LogP contribution in [0.25, 0.3) is 16.7 Å². The van der Waals surface area contributed by atoms with Crippen LogP contribution < -0.4 is 15.0 Å². The summed E-state index contributed by atoms with van der Waals surface area (Å²) < 4.78 is 22.9. The molecule has 1 aliphatic heterocycles. The number of rotatable bonds is 6. The minimum Gasteiger partial charge on any atom is -0.457 e. The average Bonchev–Trinajstić information content (AvgIpc) is 3.43. The Balaban J connectivity index is 1.26. The molecule has 0 saturated carbocycles. The Kier molecular flexibility index (Phi) is 6.66. The van der Waals surface area contributed by atoms with Crippen molar-refractivity contribution in [3.05, 3.63) is 79.3 Å². The van der Waals surface area contributed by atoms with E-state index in [1.807, 2.05) is 37.8 Å². The minimum atomic E-state index is -0.511. The van der Waals surface area contributed by atoms with E-state index in [1.165, 1.54) is 24.8 Å². The number of ether oxygens (including phenoxy) is 1. The standard InChI is InChI=1S/C29H28FN9O2/c1-5-27(40)39-18(3)13-37(14-19(39)4)25-7-6-22-28(36-25)29(33-15-31-22)35-23-10-17(2)24(12-21(23)30)41-20-8-9-38-26(11-20)32-16-34-38/h5-12,15-16,18-19H,1,13-14H2,2-4H3,(H,31,33,35)/t18-,19?/m1/s1. The van der Waals surface area contributed by atoms with Gasteiger partial charge in [-0.2, -0.15) is 5.10 Å². The van der Waals surface area contributed by atoms with E-state index >= 15 is 4.39 Å². The number of piperazine rings is 1. The number of halogens is 1. The fourth-order valence-corrected chi connectivity index (χ4v) is 5.23. The average molecular weight is 554 g/mol. The van der Waals surface area contributed by atoms with Crippen molar-refractivity contribution in [3.63, 3.8) is 0 Å². The van der Waals surface area contributed by atoms with Crippen LogP contribution in [0.2, 0.25) is 0 Å². The molecule has 0 aliphatic carbocycles. The first kappa shape index (κ1) is 26.1. The quantitative estimate of drug-likeness (QED) is 0.300. The van der Waals surface area contributed by atoms with E-state index in [4.69, 9.17) is 9.72 Å². The summed E-state index contributed by atoms with van der Waals surface area (Å²) in [6.45, 7) is 10.7. The number of benzene rings is 1. The molecular weight excluding hydrogens is 525 g/mol. The summed E-state index contributed by atoms with van der Waals surface area (Å²) >= 11 is 0. The molecule has 4 aromatic heterocycles. The maximum Gasteiger partial charge on any atom is 0.246 e. The molecule has 208 valence electrons. The molecule has 5 heterocycles. The SMILES string of the molecule is C=CC(=O)N1C(C)CN(c2ccc3ncnc(Nc4cc(C)c(Oc5ccn6ncnc6c5)cc4F)c3n2)C[C@H]1C. The molecule has 1 saturated heterocycles. The van der Waals surface area contributed by atoms with E-state index in [0.717, 1.165) is 11.4 Å². The van der Waals surface area contributed by atoms with Gasteiger partial charge in [0.25, 0.3) is 0 Å². The molecule has 1 unspecified atom stereocenters. The van der Waals surface area contributed by atoms with Crippen LogP contribution in [-0.4, -0.2) is 65.5 Å². The first-order chi connectivity index (χ1) is 19.8. The third-order valence-electron chi connectivity index (χ3n) is 7.14. The Morgan fingerprint density at radius 2 is 1.90 bits per heavy atom. The highest BCUT2D eigenvalue weighted by Crippen LogP contribution is 2.33. The first-order valence-electron chi connectivity index (χ1n) is 13.2. The summed E-state index contributed by atoms with van der Waals surface area (Å²) in [6.07, 6.45) is 5.94. The second kappa shape index (κ2) is 10.5. The predicted octanol–water partition coefficient (Wildman–Crippen LogP) is 4.66. The number of aryl methyl sites for hydroxylation is 1. The number of pyridine rings is 2. The smallest absolute Gasteiger partial charge is 0.246 e. The van der Waals surface area contributed by atoms with Crippen LogP contribution in [0.1, 0.15) is 19.4 Å². The Labute approximate surface area is 235 Å². The Morgan fingerprint density at radius 3 is 2.68 bits per heavy atom. The molecule has 12 heteroatoms. The van der Waals surface area contributed by atoms with Crippen LogP contribution in [0.15, 0.2) is 67.9 Å². The molecule has 1 N–H and O–H groups in total. The van der Waals surface area contributed by atoms with Crippen molar-refractivity contribution in [1.29, 1.82) is 0 Å². The molecule has 1 aromatic carbocycles. The first-order valence-corrected chi connectivity index (χ1v) is 13.2. The van der Waals surface area contributed by atoms with Gasteiger partial charge in [0.1, 0.15) is 41.3 Å². The van der Waals surface area contributed by atoms with Crippen molar-refractivity contribution >= 4 is 39.9 Å². The van der Waals surface area contributed by atoms with Gasteiger partial charge in [-0.05, 0) is 56.7 Å². The van der Waals surface area contributed by atoms with Gasteiger partial charge < -0.3 is 19.9 Å². The van der Waals surface area contributed by atoms with Crippen molar-refractivity contribution < 1.29 is 13.9 Å². The number of hydrogen-bond donors (Lipinski definition) is 1. The monoisotopic (exact) mass is 553 g/mol. The Morgan fingerprint density at radius 1 is 1.10 bits per heavy atom. The molecule has 1 fully saturated rings. The van der Waals surface area contributed by atoms with E-state index < -0.39 is 5.82 Å². The number of nitrogens with one attached hydrogen (secondary N) is 1. The topological polar surface area (TPSA) is 114 Å². The third kappa shape index (κ3) is 4.99. The van der Waals surface area contributed by atoms with Gasteiger partial charge in [0.05, 0.1) is 11.2 Å². The number of fused-ring (bicyclic) bond motifs is 2. The van der Waals surface area contributed by atoms with E-state index in [-0.39, 0.29) is 23.7 Å². The molecule has 0 radical (unpaired) electrons. The van der Waals surface area contributed by atoms with Gasteiger partial charge in [-0.25, -0.2) is 28.8 Å². The molecule has 1 amide bonds. The zero-order chi connectivity index (χ0) is 28.7. The summed E-state index contributed by atoms with van der Waals surface area (Å²) in [7, 11) is 0. The van der Waals surface area contributed by atoms with Crippen molar-refractivity contribution in [2.75, 3.05) is 23.3 Å². The van der Waals surface area contributed by atoms with Crippen LogP contribution in [0.4, 0.5) is 21.7 Å². The van der Waals surface area contributed by atoms with Crippen LogP contribution in [0.3, 0.4) is 0 Å². The number of hydrogen-bond acceptors (Lipinski definition) is 9. The lowest BCUT2D eigenvalue weighted by Crippen LogP contribution is -2.58. The van der Waals surface area contributed by atoms with E-state index in [1.54, 1.807) is 28.9 Å². The second-order valence-electron chi connectivity index (χ2n) is 10.1. The Bertz CT molecular complexity index is 1780. The van der Waals surface area contributed by atoms with Gasteiger partial charge in [-0.15, -0.1) is 0 Å². The fourth-order valence-electron chi connectivity index (χ4n) is 5.23. The molecule has 5 aromatic rings.